The van der Waals surface area contributed by atoms with E-state index in [0.717, 1.165) is 0 Å². The maximum absolute atomic E-state index is 14.2. The van der Waals surface area contributed by atoms with Gasteiger partial charge >= 0.3 is 0 Å². The van der Waals surface area contributed by atoms with E-state index in [4.69, 9.17) is 11.5 Å². The molecule has 0 radical (unpaired) electrons. The Hall–Kier alpha value is -4.66. The molecule has 3 heterocycles. The predicted molar refractivity (Wildman–Crippen MR) is 117 cm³/mol. The molecule has 1 aromatic carbocycles. The van der Waals surface area contributed by atoms with E-state index < -0.39 is 11.3 Å². The first-order chi connectivity index (χ1) is 15.9. The van der Waals surface area contributed by atoms with E-state index in [2.05, 4.69) is 30.6 Å². The number of benzene rings is 1. The topological polar surface area (TPSA) is 174 Å². The van der Waals surface area contributed by atoms with E-state index in [1.165, 1.54) is 16.9 Å². The van der Waals surface area contributed by atoms with Gasteiger partial charge in [0.05, 0.1) is 24.2 Å². The molecule has 0 bridgehead atoms. The van der Waals surface area contributed by atoms with Crippen LogP contribution < -0.4 is 16.8 Å². The van der Waals surface area contributed by atoms with E-state index in [9.17, 15) is 14.4 Å². The van der Waals surface area contributed by atoms with Crippen LogP contribution in [-0.2, 0) is 11.3 Å². The van der Waals surface area contributed by atoms with Gasteiger partial charge in [-0.1, -0.05) is 18.2 Å². The third-order valence-corrected chi connectivity index (χ3v) is 5.51. The van der Waals surface area contributed by atoms with E-state index in [1.54, 1.807) is 24.3 Å². The van der Waals surface area contributed by atoms with E-state index in [-0.39, 0.29) is 35.5 Å². The standard InChI is InChI=1S/C21H17FN10O/c22-13-4-2-1-3-11(13)9-32-19-12(5-8-26-30-19)14(31-32)18-28-16(24)15(17(25)29-18)27-20(33)21(10-23)6-7-21/h1-5,8H,6-7,9H2,(H,27,33)(H4,24,25,28,29). The smallest absolute Gasteiger partial charge is 0.245 e. The van der Waals surface area contributed by atoms with Crippen LogP contribution in [0.4, 0.5) is 21.7 Å². The number of nitrogens with zero attached hydrogens (tertiary/aromatic N) is 7. The molecule has 33 heavy (non-hydrogen) atoms. The van der Waals surface area contributed by atoms with Crippen molar-refractivity contribution in [2.45, 2.75) is 19.4 Å². The zero-order chi connectivity index (χ0) is 23.2. The van der Waals surface area contributed by atoms with Crippen molar-refractivity contribution in [3.8, 4) is 17.6 Å². The molecule has 1 aliphatic rings. The number of anilines is 3. The monoisotopic (exact) mass is 444 g/mol. The molecule has 1 amide bonds. The summed E-state index contributed by atoms with van der Waals surface area (Å²) < 4.78 is 15.7. The minimum absolute atomic E-state index is 0.0418. The van der Waals surface area contributed by atoms with Gasteiger partial charge in [-0.3, -0.25) is 4.79 Å². The average Bonchev–Trinajstić information content (AvgIpc) is 3.54. The summed E-state index contributed by atoms with van der Waals surface area (Å²) in [5.74, 6) is -0.900. The number of nitrogen functional groups attached to an aromatic ring is 2. The Morgan fingerprint density at radius 1 is 1.21 bits per heavy atom. The number of halogens is 1. The molecule has 0 spiro atoms. The van der Waals surface area contributed by atoms with Crippen molar-refractivity contribution in [3.63, 3.8) is 0 Å². The van der Waals surface area contributed by atoms with Crippen LogP contribution in [0.15, 0.2) is 36.5 Å². The lowest BCUT2D eigenvalue weighted by Crippen LogP contribution is -2.24. The van der Waals surface area contributed by atoms with Gasteiger partial charge < -0.3 is 16.8 Å². The third kappa shape index (κ3) is 3.45. The van der Waals surface area contributed by atoms with E-state index in [0.29, 0.717) is 35.1 Å². The van der Waals surface area contributed by atoms with Crippen molar-refractivity contribution >= 4 is 34.3 Å². The van der Waals surface area contributed by atoms with Crippen LogP contribution in [0.5, 0.6) is 0 Å². The minimum atomic E-state index is -1.06. The number of nitriles is 1. The molecule has 3 aromatic heterocycles. The highest BCUT2D eigenvalue weighted by molar-refractivity contribution is 6.03. The van der Waals surface area contributed by atoms with Crippen LogP contribution in [0.25, 0.3) is 22.6 Å². The lowest BCUT2D eigenvalue weighted by molar-refractivity contribution is -0.119. The molecule has 1 fully saturated rings. The highest BCUT2D eigenvalue weighted by atomic mass is 19.1. The molecule has 4 aromatic rings. The predicted octanol–water partition coefficient (Wildman–Crippen LogP) is 1.88. The number of hydrogen-bond donors (Lipinski definition) is 3. The number of nitrogens with two attached hydrogens (primary N) is 2. The highest BCUT2D eigenvalue weighted by Gasteiger charge is 2.51. The molecule has 0 saturated heterocycles. The number of amides is 1. The fraction of sp³-hybridized carbons (Fsp3) is 0.190. The van der Waals surface area contributed by atoms with E-state index >= 15 is 0 Å². The van der Waals surface area contributed by atoms with Gasteiger partial charge in [0, 0.05) is 5.56 Å². The number of nitrogens with one attached hydrogen (secondary N) is 1. The third-order valence-electron chi connectivity index (χ3n) is 5.51. The Labute approximate surface area is 186 Å². The molecule has 11 nitrogen and oxygen atoms in total. The first kappa shape index (κ1) is 20.3. The van der Waals surface area contributed by atoms with Gasteiger partial charge in [0.25, 0.3) is 0 Å². The largest absolute Gasteiger partial charge is 0.382 e. The average molecular weight is 444 g/mol. The summed E-state index contributed by atoms with van der Waals surface area (Å²) in [5, 5.41) is 24.9. The zero-order valence-corrected chi connectivity index (χ0v) is 17.2. The summed E-state index contributed by atoms with van der Waals surface area (Å²) in [6.07, 6.45) is 2.43. The van der Waals surface area contributed by atoms with Crippen molar-refractivity contribution in [2.24, 2.45) is 5.41 Å². The van der Waals surface area contributed by atoms with Crippen molar-refractivity contribution in [1.82, 2.24) is 29.9 Å². The second-order valence-corrected chi connectivity index (χ2v) is 7.71. The zero-order valence-electron chi connectivity index (χ0n) is 17.2. The number of aromatic nitrogens is 6. The Morgan fingerprint density at radius 2 is 1.94 bits per heavy atom. The summed E-state index contributed by atoms with van der Waals surface area (Å²) in [6.45, 7) is 0.108. The van der Waals surface area contributed by atoms with Crippen molar-refractivity contribution < 1.29 is 9.18 Å². The van der Waals surface area contributed by atoms with Crippen LogP contribution in [-0.4, -0.2) is 35.9 Å². The molecular formula is C21H17FN10O. The summed E-state index contributed by atoms with van der Waals surface area (Å²) in [7, 11) is 0. The molecule has 0 aliphatic heterocycles. The number of hydrogen-bond acceptors (Lipinski definition) is 9. The molecule has 0 unspecified atom stereocenters. The fourth-order valence-electron chi connectivity index (χ4n) is 3.46. The van der Waals surface area contributed by atoms with Gasteiger partial charge in [0.1, 0.15) is 22.6 Å². The van der Waals surface area contributed by atoms with E-state index in [1.807, 2.05) is 6.07 Å². The van der Waals surface area contributed by atoms with Gasteiger partial charge in [-0.15, -0.1) is 5.10 Å². The minimum Gasteiger partial charge on any atom is -0.382 e. The van der Waals surface area contributed by atoms with Crippen LogP contribution in [0, 0.1) is 22.6 Å². The molecule has 1 saturated carbocycles. The molecule has 1 aliphatic carbocycles. The Balaban J connectivity index is 1.54. The van der Waals surface area contributed by atoms with Gasteiger partial charge in [0.15, 0.2) is 23.1 Å². The molecule has 0 atom stereocenters. The summed E-state index contributed by atoms with van der Waals surface area (Å²) >= 11 is 0. The highest BCUT2D eigenvalue weighted by Crippen LogP contribution is 2.46. The van der Waals surface area contributed by atoms with Crippen LogP contribution in [0.3, 0.4) is 0 Å². The molecular weight excluding hydrogens is 427 g/mol. The lowest BCUT2D eigenvalue weighted by Gasteiger charge is -2.12. The second-order valence-electron chi connectivity index (χ2n) is 7.71. The summed E-state index contributed by atoms with van der Waals surface area (Å²) in [4.78, 5) is 20.9. The van der Waals surface area contributed by atoms with Crippen LogP contribution in [0.1, 0.15) is 18.4 Å². The number of carbonyl (C=O) groups excluding carboxylic acids is 1. The second kappa shape index (κ2) is 7.49. The SMILES string of the molecule is N#CC1(C(=O)Nc2c(N)nc(-c3nn(Cc4ccccc4F)c4nnccc34)nc2N)CC1. The molecule has 5 rings (SSSR count). The van der Waals surface area contributed by atoms with Gasteiger partial charge in [-0.25, -0.2) is 19.0 Å². The fourth-order valence-corrected chi connectivity index (χ4v) is 3.46. The van der Waals surface area contributed by atoms with Gasteiger partial charge in [0.2, 0.25) is 5.91 Å². The number of carbonyl (C=O) groups is 1. The summed E-state index contributed by atoms with van der Waals surface area (Å²) in [5.41, 5.74) is 12.3. The number of fused-ring (bicyclic) bond motifs is 1. The Bertz CT molecular complexity index is 1430. The first-order valence-corrected chi connectivity index (χ1v) is 9.99. The lowest BCUT2D eigenvalue weighted by atomic mass is 10.1. The normalized spacial score (nSPS) is 14.1. The maximum atomic E-state index is 14.2. The Kier molecular flexibility index (Phi) is 4.59. The molecule has 5 N–H and O–H groups in total. The summed E-state index contributed by atoms with van der Waals surface area (Å²) in [6, 6.07) is 10.0. The maximum Gasteiger partial charge on any atom is 0.245 e. The van der Waals surface area contributed by atoms with Gasteiger partial charge in [-0.05, 0) is 25.0 Å². The van der Waals surface area contributed by atoms with Crippen LogP contribution in [0.2, 0.25) is 0 Å². The molecule has 164 valence electrons. The quantitative estimate of drug-likeness (QED) is 0.415. The first-order valence-electron chi connectivity index (χ1n) is 9.99. The Morgan fingerprint density at radius 3 is 2.61 bits per heavy atom. The van der Waals surface area contributed by atoms with Crippen molar-refractivity contribution in [3.05, 3.63) is 47.9 Å². The van der Waals surface area contributed by atoms with Crippen molar-refractivity contribution in [1.29, 1.82) is 5.26 Å². The molecule has 12 heteroatoms. The van der Waals surface area contributed by atoms with Crippen molar-refractivity contribution in [2.75, 3.05) is 16.8 Å². The van der Waals surface area contributed by atoms with Gasteiger partial charge in [-0.2, -0.15) is 15.5 Å². The number of rotatable bonds is 5. The van der Waals surface area contributed by atoms with Crippen LogP contribution >= 0.6 is 0 Å².